The molecular formula is C10H17N3OS. The van der Waals surface area contributed by atoms with Gasteiger partial charge in [-0.2, -0.15) is 11.3 Å². The number of nitrogens with two attached hydrogens (primary N) is 1. The fourth-order valence-electron chi connectivity index (χ4n) is 1.42. The first kappa shape index (κ1) is 12.0. The van der Waals surface area contributed by atoms with Gasteiger partial charge < -0.3 is 16.3 Å². The van der Waals surface area contributed by atoms with Crippen LogP contribution in [0.3, 0.4) is 0 Å². The van der Waals surface area contributed by atoms with Crippen molar-refractivity contribution in [3.05, 3.63) is 22.4 Å². The summed E-state index contributed by atoms with van der Waals surface area (Å²) in [5.74, 6) is 0.215. The van der Waals surface area contributed by atoms with Crippen LogP contribution < -0.4 is 11.1 Å². The molecule has 1 rings (SSSR count). The molecule has 0 saturated heterocycles. The van der Waals surface area contributed by atoms with Gasteiger partial charge in [-0.15, -0.1) is 0 Å². The third-order valence-electron chi connectivity index (χ3n) is 2.22. The van der Waals surface area contributed by atoms with E-state index >= 15 is 0 Å². The molecule has 1 heterocycles. The van der Waals surface area contributed by atoms with E-state index in [-0.39, 0.29) is 11.9 Å². The lowest BCUT2D eigenvalue weighted by atomic mass is 10.1. The van der Waals surface area contributed by atoms with Crippen LogP contribution in [-0.4, -0.2) is 23.1 Å². The zero-order chi connectivity index (χ0) is 11.3. The van der Waals surface area contributed by atoms with E-state index in [0.29, 0.717) is 6.04 Å². The molecule has 4 nitrogen and oxygen atoms in total. The lowest BCUT2D eigenvalue weighted by Gasteiger charge is -2.18. The molecular weight excluding hydrogens is 210 g/mol. The van der Waals surface area contributed by atoms with Gasteiger partial charge in [-0.25, -0.2) is 0 Å². The smallest absolute Gasteiger partial charge is 0.156 e. The van der Waals surface area contributed by atoms with Gasteiger partial charge in [0.25, 0.3) is 0 Å². The summed E-state index contributed by atoms with van der Waals surface area (Å²) in [6.45, 7) is 3.96. The van der Waals surface area contributed by atoms with Gasteiger partial charge >= 0.3 is 0 Å². The van der Waals surface area contributed by atoms with Gasteiger partial charge in [-0.05, 0) is 42.7 Å². The zero-order valence-electron chi connectivity index (χ0n) is 8.97. The van der Waals surface area contributed by atoms with Crippen LogP contribution >= 0.6 is 11.3 Å². The third-order valence-corrected chi connectivity index (χ3v) is 2.95. The molecule has 2 atom stereocenters. The van der Waals surface area contributed by atoms with Gasteiger partial charge in [0.15, 0.2) is 5.84 Å². The second-order valence-electron chi connectivity index (χ2n) is 3.65. The van der Waals surface area contributed by atoms with Crippen LogP contribution in [0.5, 0.6) is 0 Å². The van der Waals surface area contributed by atoms with E-state index in [0.717, 1.165) is 6.42 Å². The van der Waals surface area contributed by atoms with Gasteiger partial charge in [0, 0.05) is 6.04 Å². The van der Waals surface area contributed by atoms with E-state index in [4.69, 9.17) is 10.9 Å². The van der Waals surface area contributed by atoms with Gasteiger partial charge in [0.2, 0.25) is 0 Å². The molecule has 0 saturated carbocycles. The molecule has 0 radical (unpaired) electrons. The first-order valence-corrected chi connectivity index (χ1v) is 5.82. The monoisotopic (exact) mass is 227 g/mol. The summed E-state index contributed by atoms with van der Waals surface area (Å²) >= 11 is 1.70. The Kier molecular flexibility index (Phi) is 4.58. The molecule has 84 valence electrons. The van der Waals surface area contributed by atoms with Crippen LogP contribution in [0.25, 0.3) is 0 Å². The Balaban J connectivity index is 2.39. The summed E-state index contributed by atoms with van der Waals surface area (Å²) in [5, 5.41) is 18.9. The maximum absolute atomic E-state index is 8.50. The highest BCUT2D eigenvalue weighted by Gasteiger charge is 2.11. The highest BCUT2D eigenvalue weighted by Crippen LogP contribution is 2.08. The summed E-state index contributed by atoms with van der Waals surface area (Å²) in [4.78, 5) is 0. The summed E-state index contributed by atoms with van der Waals surface area (Å²) in [6.07, 6.45) is 0.951. The van der Waals surface area contributed by atoms with Crippen molar-refractivity contribution in [1.29, 1.82) is 0 Å². The number of rotatable bonds is 5. The van der Waals surface area contributed by atoms with E-state index in [2.05, 4.69) is 34.2 Å². The molecule has 2 unspecified atom stereocenters. The zero-order valence-corrected chi connectivity index (χ0v) is 9.79. The molecule has 0 amide bonds. The van der Waals surface area contributed by atoms with E-state index < -0.39 is 0 Å². The lowest BCUT2D eigenvalue weighted by Crippen LogP contribution is -2.44. The van der Waals surface area contributed by atoms with Crippen molar-refractivity contribution in [2.75, 3.05) is 0 Å². The van der Waals surface area contributed by atoms with E-state index in [9.17, 15) is 0 Å². The van der Waals surface area contributed by atoms with Crippen LogP contribution in [0.15, 0.2) is 22.0 Å². The van der Waals surface area contributed by atoms with Crippen molar-refractivity contribution in [1.82, 2.24) is 5.32 Å². The molecule has 0 aliphatic rings. The van der Waals surface area contributed by atoms with E-state index in [1.807, 2.05) is 6.92 Å². The summed E-state index contributed by atoms with van der Waals surface area (Å²) in [7, 11) is 0. The Bertz CT molecular complexity index is 310. The molecule has 0 spiro atoms. The second-order valence-corrected chi connectivity index (χ2v) is 4.43. The Labute approximate surface area is 93.8 Å². The average molecular weight is 227 g/mol. The van der Waals surface area contributed by atoms with Crippen LogP contribution in [0.1, 0.15) is 19.4 Å². The van der Waals surface area contributed by atoms with Gasteiger partial charge in [-0.3, -0.25) is 0 Å². The van der Waals surface area contributed by atoms with Crippen molar-refractivity contribution >= 4 is 17.2 Å². The van der Waals surface area contributed by atoms with Crippen molar-refractivity contribution in [3.63, 3.8) is 0 Å². The molecule has 0 aromatic carbocycles. The fraction of sp³-hybridized carbons (Fsp3) is 0.500. The quantitative estimate of drug-likeness (QED) is 0.308. The topological polar surface area (TPSA) is 70.6 Å². The van der Waals surface area contributed by atoms with Gasteiger partial charge in [-0.1, -0.05) is 5.16 Å². The number of amidine groups is 1. The third kappa shape index (κ3) is 3.89. The standard InChI is InChI=1S/C10H17N3OS/c1-7(5-9-3-4-15-6-9)12-8(2)10(11)13-14/h3-4,6-8,12,14H,5H2,1-2H3,(H2,11,13). The average Bonchev–Trinajstić information content (AvgIpc) is 2.68. The molecule has 5 heteroatoms. The normalized spacial score (nSPS) is 16.3. The van der Waals surface area contributed by atoms with Crippen LogP contribution in [-0.2, 0) is 6.42 Å². The number of hydrogen-bond acceptors (Lipinski definition) is 4. The minimum absolute atomic E-state index is 0.108. The Hall–Kier alpha value is -1.07. The Morgan fingerprint density at radius 2 is 2.40 bits per heavy atom. The minimum Gasteiger partial charge on any atom is -0.409 e. The summed E-state index contributed by atoms with van der Waals surface area (Å²) < 4.78 is 0. The molecule has 1 aromatic heterocycles. The van der Waals surface area contributed by atoms with Crippen LogP contribution in [0.2, 0.25) is 0 Å². The summed E-state index contributed by atoms with van der Waals surface area (Å²) in [6, 6.07) is 2.30. The van der Waals surface area contributed by atoms with Crippen LogP contribution in [0.4, 0.5) is 0 Å². The molecule has 0 aliphatic heterocycles. The van der Waals surface area contributed by atoms with Crippen LogP contribution in [0, 0.1) is 0 Å². The molecule has 0 aliphatic carbocycles. The Morgan fingerprint density at radius 3 is 2.93 bits per heavy atom. The minimum atomic E-state index is -0.108. The first-order valence-electron chi connectivity index (χ1n) is 4.88. The van der Waals surface area contributed by atoms with Crippen molar-refractivity contribution in [2.45, 2.75) is 32.4 Å². The maximum Gasteiger partial charge on any atom is 0.156 e. The van der Waals surface area contributed by atoms with Gasteiger partial charge in [0.1, 0.15) is 0 Å². The molecule has 4 N–H and O–H groups in total. The maximum atomic E-state index is 8.50. The number of oxime groups is 1. The molecule has 0 bridgehead atoms. The summed E-state index contributed by atoms with van der Waals surface area (Å²) in [5.41, 5.74) is 6.79. The number of nitrogens with one attached hydrogen (secondary N) is 1. The molecule has 1 aromatic rings. The molecule has 0 fully saturated rings. The highest BCUT2D eigenvalue weighted by molar-refractivity contribution is 7.07. The predicted molar refractivity (Wildman–Crippen MR) is 63.5 cm³/mol. The van der Waals surface area contributed by atoms with Crippen molar-refractivity contribution < 1.29 is 5.21 Å². The van der Waals surface area contributed by atoms with E-state index in [1.54, 1.807) is 11.3 Å². The number of hydrogen-bond donors (Lipinski definition) is 3. The van der Waals surface area contributed by atoms with Crippen molar-refractivity contribution in [2.24, 2.45) is 10.9 Å². The lowest BCUT2D eigenvalue weighted by molar-refractivity contribution is 0.314. The predicted octanol–water partition coefficient (Wildman–Crippen LogP) is 1.40. The second kappa shape index (κ2) is 5.72. The molecule has 15 heavy (non-hydrogen) atoms. The largest absolute Gasteiger partial charge is 0.409 e. The van der Waals surface area contributed by atoms with E-state index in [1.165, 1.54) is 5.56 Å². The Morgan fingerprint density at radius 1 is 1.67 bits per heavy atom. The highest BCUT2D eigenvalue weighted by atomic mass is 32.1. The van der Waals surface area contributed by atoms with Crippen molar-refractivity contribution in [3.8, 4) is 0 Å². The SMILES string of the molecule is CC(Cc1ccsc1)NC(C)C(N)=NO. The first-order chi connectivity index (χ1) is 7.13. The number of thiophene rings is 1. The number of nitrogens with zero attached hydrogens (tertiary/aromatic N) is 1. The fourth-order valence-corrected chi connectivity index (χ4v) is 2.10. The van der Waals surface area contributed by atoms with Gasteiger partial charge in [0.05, 0.1) is 6.04 Å².